The number of halogens is 2. The lowest BCUT2D eigenvalue weighted by atomic mass is 10.0. The largest absolute Gasteiger partial charge is 0.354 e. The first-order valence-corrected chi connectivity index (χ1v) is 32.2. The summed E-state index contributed by atoms with van der Waals surface area (Å²) in [7, 11) is 0. The van der Waals surface area contributed by atoms with Crippen LogP contribution in [0.2, 0.25) is 0 Å². The van der Waals surface area contributed by atoms with Gasteiger partial charge < -0.3 is 19.8 Å². The number of aromatic nitrogens is 4. The molecule has 0 atom stereocenters. The van der Waals surface area contributed by atoms with Crippen LogP contribution in [0.15, 0.2) is 300 Å². The molecule has 92 heavy (non-hydrogen) atoms. The third kappa shape index (κ3) is 12.1. The minimum atomic E-state index is 0.848. The van der Waals surface area contributed by atoms with Crippen LogP contribution in [0.25, 0.3) is 115 Å². The second-order valence-electron chi connectivity index (χ2n) is 22.6. The Hall–Kier alpha value is -11.2. The standard InChI is InChI=1S/C84H58Br2N6/c85-65-41-37-63(38-42-65)83-77-53-49-73(87-77)81(61-33-25-57(26-34-61)21-23-59-29-45-71(46-30-59)91(67-13-5-1-6-14-67)68-15-7-2-8-16-68)74-50-54-78(88-74)84(64-39-43-66(86)44-40-64)80-56-52-76(90-80)82(75-51-55-79(83)89-75)62-35-27-58(28-36-62)22-24-60-31-47-72(48-32-60)92(69-17-9-3-10-18-69)70-19-11-4-12-20-70/h1-56,87,90H/b23-21+,24-22+,81-73?,81-74?,82-75?,82-76?,83-77?,83-79?,84-78?,84-80?. The normalized spacial score (nSPS) is 11.8. The lowest BCUT2D eigenvalue weighted by Crippen LogP contribution is -2.09. The van der Waals surface area contributed by atoms with Crippen molar-refractivity contribution in [1.82, 2.24) is 19.9 Å². The van der Waals surface area contributed by atoms with Crippen molar-refractivity contribution < 1.29 is 0 Å². The minimum absolute atomic E-state index is 0.848. The summed E-state index contributed by atoms with van der Waals surface area (Å²) in [6.07, 6.45) is 17.3. The minimum Gasteiger partial charge on any atom is -0.354 e. The highest BCUT2D eigenvalue weighted by Crippen LogP contribution is 2.41. The zero-order valence-electron chi connectivity index (χ0n) is 49.9. The fourth-order valence-corrected chi connectivity index (χ4v) is 12.8. The van der Waals surface area contributed by atoms with Crippen molar-refractivity contribution in [3.8, 4) is 44.5 Å². The Morgan fingerprint density at radius 2 is 0.457 bits per heavy atom. The Morgan fingerprint density at radius 3 is 0.707 bits per heavy atom. The topological polar surface area (TPSA) is 63.8 Å². The number of anilines is 6. The molecule has 0 unspecified atom stereocenters. The average Bonchev–Trinajstić information content (AvgIpc) is 1.70. The second-order valence-corrected chi connectivity index (χ2v) is 24.5. The van der Waals surface area contributed by atoms with E-state index in [2.05, 4.69) is 391 Å². The van der Waals surface area contributed by atoms with Crippen LogP contribution in [0.1, 0.15) is 45.0 Å². The van der Waals surface area contributed by atoms with Gasteiger partial charge in [-0.25, -0.2) is 9.97 Å². The van der Waals surface area contributed by atoms with Gasteiger partial charge in [0.05, 0.1) is 22.8 Å². The average molecular weight is 1310 g/mol. The molecule has 8 heteroatoms. The Balaban J connectivity index is 0.814. The summed E-state index contributed by atoms with van der Waals surface area (Å²) in [5.74, 6) is 0. The number of aromatic amines is 2. The molecule has 3 aromatic heterocycles. The van der Waals surface area contributed by atoms with Crippen molar-refractivity contribution in [3.63, 3.8) is 0 Å². The third-order valence-corrected chi connectivity index (χ3v) is 17.8. The highest BCUT2D eigenvalue weighted by atomic mass is 79.9. The highest BCUT2D eigenvalue weighted by Gasteiger charge is 2.20. The molecular weight excluding hydrogens is 1250 g/mol. The zero-order chi connectivity index (χ0) is 61.7. The van der Waals surface area contributed by atoms with Gasteiger partial charge in [0.1, 0.15) is 0 Å². The predicted molar refractivity (Wildman–Crippen MR) is 396 cm³/mol. The van der Waals surface area contributed by atoms with Gasteiger partial charge in [0, 0.05) is 87.4 Å². The maximum absolute atomic E-state index is 5.58. The van der Waals surface area contributed by atoms with Crippen molar-refractivity contribution in [2.45, 2.75) is 0 Å². The fraction of sp³-hybridized carbons (Fsp3) is 0. The van der Waals surface area contributed by atoms with Gasteiger partial charge in [-0.3, -0.25) is 0 Å². The maximum atomic E-state index is 5.58. The summed E-state index contributed by atoms with van der Waals surface area (Å²) >= 11 is 7.43. The third-order valence-electron chi connectivity index (χ3n) is 16.7. The van der Waals surface area contributed by atoms with Gasteiger partial charge in [-0.2, -0.15) is 0 Å². The number of fused-ring (bicyclic) bond motifs is 8. The van der Waals surface area contributed by atoms with Crippen molar-refractivity contribution >= 4 is 137 Å². The Kier molecular flexibility index (Phi) is 16.0. The lowest BCUT2D eigenvalue weighted by Gasteiger charge is -2.25. The molecule has 438 valence electrons. The highest BCUT2D eigenvalue weighted by molar-refractivity contribution is 9.10. The van der Waals surface area contributed by atoms with Crippen molar-refractivity contribution in [2.24, 2.45) is 0 Å². The fourth-order valence-electron chi connectivity index (χ4n) is 12.2. The molecule has 0 saturated heterocycles. The van der Waals surface area contributed by atoms with Crippen LogP contribution in [-0.4, -0.2) is 19.9 Å². The van der Waals surface area contributed by atoms with E-state index in [1.807, 2.05) is 0 Å². The van der Waals surface area contributed by atoms with Gasteiger partial charge in [0.25, 0.3) is 0 Å². The number of nitrogens with one attached hydrogen (secondary N) is 2. The van der Waals surface area contributed by atoms with E-state index in [0.29, 0.717) is 0 Å². The number of nitrogens with zero attached hydrogens (tertiary/aromatic N) is 4. The van der Waals surface area contributed by atoms with Crippen LogP contribution in [0.3, 0.4) is 0 Å². The van der Waals surface area contributed by atoms with Crippen LogP contribution >= 0.6 is 31.9 Å². The van der Waals surface area contributed by atoms with E-state index in [9.17, 15) is 0 Å². The molecule has 6 nitrogen and oxygen atoms in total. The van der Waals surface area contributed by atoms with Crippen LogP contribution in [0, 0.1) is 0 Å². The van der Waals surface area contributed by atoms with Crippen molar-refractivity contribution in [3.05, 3.63) is 345 Å². The van der Waals surface area contributed by atoms with Gasteiger partial charge in [0.2, 0.25) is 0 Å². The zero-order valence-corrected chi connectivity index (χ0v) is 53.0. The van der Waals surface area contributed by atoms with E-state index in [1.54, 1.807) is 0 Å². The molecule has 2 aliphatic heterocycles. The van der Waals surface area contributed by atoms with E-state index in [4.69, 9.17) is 9.97 Å². The van der Waals surface area contributed by atoms with Gasteiger partial charge in [-0.05, 0) is 190 Å². The number of hydrogen-bond donors (Lipinski definition) is 2. The number of para-hydroxylation sites is 4. The van der Waals surface area contributed by atoms with Gasteiger partial charge in [-0.1, -0.05) is 226 Å². The first-order chi connectivity index (χ1) is 45.4. The molecule has 13 aromatic rings. The quantitative estimate of drug-likeness (QED) is 0.107. The molecule has 0 fully saturated rings. The molecule has 0 amide bonds. The molecule has 10 aromatic carbocycles. The molecule has 0 spiro atoms. The monoisotopic (exact) mass is 1310 g/mol. The van der Waals surface area contributed by atoms with Gasteiger partial charge in [-0.15, -0.1) is 0 Å². The van der Waals surface area contributed by atoms with Crippen LogP contribution < -0.4 is 9.80 Å². The number of hydrogen-bond acceptors (Lipinski definition) is 4. The summed E-state index contributed by atoms with van der Waals surface area (Å²) in [5, 5.41) is 0. The maximum Gasteiger partial charge on any atom is 0.0737 e. The molecule has 8 bridgehead atoms. The number of rotatable bonds is 14. The number of H-pyrrole nitrogens is 2. The first kappa shape index (κ1) is 57.3. The van der Waals surface area contributed by atoms with Gasteiger partial charge >= 0.3 is 0 Å². The van der Waals surface area contributed by atoms with E-state index in [-0.39, 0.29) is 0 Å². The van der Waals surface area contributed by atoms with Crippen molar-refractivity contribution in [1.29, 1.82) is 0 Å². The second kappa shape index (κ2) is 25.7. The Bertz CT molecular complexity index is 4690. The summed E-state index contributed by atoms with van der Waals surface area (Å²) in [6.45, 7) is 0. The SMILES string of the molecule is Brc1ccc(-c2c3nc(c(-c4ccc(/C=C/c5ccc(N(c6ccccc6)c6ccccc6)cc5)cc4)c4ccc([nH]4)c(-c4ccc(Br)cc4)c4nc(c(-c5ccc(/C=C/c6ccc(N(c7ccccc7)c7ccccc7)cc6)cc5)c5ccc2[nH]5)C=C4)C=C3)cc1. The molecule has 2 aliphatic rings. The van der Waals surface area contributed by atoms with E-state index >= 15 is 0 Å². The van der Waals surface area contributed by atoms with Crippen molar-refractivity contribution in [2.75, 3.05) is 9.80 Å². The Morgan fingerprint density at radius 1 is 0.239 bits per heavy atom. The number of benzene rings is 10. The van der Waals surface area contributed by atoms with Crippen LogP contribution in [0.4, 0.5) is 34.1 Å². The summed E-state index contributed by atoms with van der Waals surface area (Å²) in [6, 6.07) is 103. The predicted octanol–water partition coefficient (Wildman–Crippen LogP) is 24.1. The lowest BCUT2D eigenvalue weighted by molar-refractivity contribution is 1.28. The Labute approximate surface area is 552 Å². The van der Waals surface area contributed by atoms with Gasteiger partial charge in [0.15, 0.2) is 0 Å². The summed E-state index contributed by atoms with van der Waals surface area (Å²) in [4.78, 5) is 23.6. The molecule has 0 saturated carbocycles. The van der Waals surface area contributed by atoms with E-state index in [0.717, 1.165) is 155 Å². The summed E-state index contributed by atoms with van der Waals surface area (Å²) in [5.41, 5.74) is 26.2. The summed E-state index contributed by atoms with van der Waals surface area (Å²) < 4.78 is 2.00. The molecule has 2 N–H and O–H groups in total. The first-order valence-electron chi connectivity index (χ1n) is 30.6. The molecule has 5 heterocycles. The van der Waals surface area contributed by atoms with Crippen LogP contribution in [-0.2, 0) is 0 Å². The molecule has 15 rings (SSSR count). The molecular formula is C84H58Br2N6. The smallest absolute Gasteiger partial charge is 0.0737 e. The van der Waals surface area contributed by atoms with Crippen LogP contribution in [0.5, 0.6) is 0 Å². The molecule has 0 aliphatic carbocycles. The van der Waals surface area contributed by atoms with E-state index < -0.39 is 0 Å². The van der Waals surface area contributed by atoms with E-state index in [1.165, 1.54) is 0 Å². The molecule has 0 radical (unpaired) electrons.